The minimum Gasteiger partial charge on any atom is -0.323 e. The monoisotopic (exact) mass is 456 g/mol. The van der Waals surface area contributed by atoms with Gasteiger partial charge in [-0.3, -0.25) is 18.3 Å². The zero-order valence-corrected chi connectivity index (χ0v) is 16.1. The van der Waals surface area contributed by atoms with Crippen LogP contribution in [0.1, 0.15) is 5.56 Å². The van der Waals surface area contributed by atoms with E-state index in [4.69, 9.17) is 25.3 Å². The average molecular weight is 456 g/mol. The van der Waals surface area contributed by atoms with Crippen molar-refractivity contribution in [2.75, 3.05) is 0 Å². The maximum atomic E-state index is 12.4. The molecule has 0 fully saturated rings. The third-order valence-corrected chi connectivity index (χ3v) is 10.4. The number of nitrogens with one attached hydrogen (secondary N) is 1. The van der Waals surface area contributed by atoms with Crippen LogP contribution >= 0.6 is 30.4 Å². The van der Waals surface area contributed by atoms with Crippen LogP contribution in [0.4, 0.5) is 0 Å². The molecule has 0 aliphatic rings. The largest absolute Gasteiger partial charge is 0.381 e. The highest BCUT2D eigenvalue weighted by Crippen LogP contribution is 2.73. The summed E-state index contributed by atoms with van der Waals surface area (Å²) in [6.07, 6.45) is 0. The molecular weight excluding hydrogens is 440 g/mol. The molecule has 0 aliphatic carbocycles. The first-order chi connectivity index (χ1) is 11.4. The van der Waals surface area contributed by atoms with Crippen molar-refractivity contribution in [2.24, 2.45) is 5.73 Å². The molecule has 1 aromatic carbocycles. The van der Waals surface area contributed by atoms with Crippen LogP contribution in [0.2, 0.25) is 0 Å². The van der Waals surface area contributed by atoms with E-state index in [0.717, 1.165) is 17.6 Å². The van der Waals surface area contributed by atoms with Crippen LogP contribution in [0.5, 0.6) is 0 Å². The molecule has 0 heterocycles. The molecule has 0 spiro atoms. The molecule has 18 heteroatoms. The fourth-order valence-electron chi connectivity index (χ4n) is 1.70. The minimum absolute atomic E-state index is 0.579. The van der Waals surface area contributed by atoms with Crippen LogP contribution in [-0.2, 0) is 27.9 Å². The summed E-state index contributed by atoms with van der Waals surface area (Å²) in [4.78, 5) is 64.5. The van der Waals surface area contributed by atoms with Gasteiger partial charge in [0.1, 0.15) is 0 Å². The quantitative estimate of drug-likeness (QED) is 0.173. The molecule has 0 saturated heterocycles. The van der Waals surface area contributed by atoms with E-state index in [1.807, 2.05) is 0 Å². The summed E-state index contributed by atoms with van der Waals surface area (Å²) in [5.74, 6) is 0. The molecule has 0 aromatic heterocycles. The minimum atomic E-state index is -5.73. The van der Waals surface area contributed by atoms with Crippen LogP contribution in [0.15, 0.2) is 30.3 Å². The van der Waals surface area contributed by atoms with Crippen LogP contribution in [-0.4, -0.2) is 39.8 Å². The summed E-state index contributed by atoms with van der Waals surface area (Å²) in [5.41, 5.74) is 2.82. The van der Waals surface area contributed by atoms with E-state index < -0.39 is 46.5 Å². The van der Waals surface area contributed by atoms with Gasteiger partial charge in [0.25, 0.3) is 0 Å². The Morgan fingerprint density at radius 1 is 0.885 bits per heavy atom. The van der Waals surface area contributed by atoms with Crippen molar-refractivity contribution in [3.8, 4) is 0 Å². The van der Waals surface area contributed by atoms with Crippen LogP contribution in [0.3, 0.4) is 0 Å². The van der Waals surface area contributed by atoms with E-state index in [1.165, 1.54) is 18.2 Å². The van der Waals surface area contributed by atoms with Crippen molar-refractivity contribution in [3.63, 3.8) is 0 Å². The smallest absolute Gasteiger partial charge is 0.323 e. The second-order valence-corrected chi connectivity index (χ2v) is 12.8. The second kappa shape index (κ2) is 7.63. The molecular formula is C8H16N2O12P4. The number of rotatable bonds is 8. The van der Waals surface area contributed by atoms with E-state index in [-0.39, 0.29) is 0 Å². The summed E-state index contributed by atoms with van der Waals surface area (Å²) in [6, 6.07) is 5.76. The molecule has 14 nitrogen and oxygen atoms in total. The van der Waals surface area contributed by atoms with E-state index in [0.29, 0.717) is 0 Å². The first-order valence-corrected chi connectivity index (χ1v) is 12.8. The zero-order valence-electron chi connectivity index (χ0n) is 12.5. The van der Waals surface area contributed by atoms with Gasteiger partial charge in [-0.15, -0.1) is 0 Å². The SMILES string of the molecule is NC(c1ccccc1)(P(=O)(O)O)P(=O)(O)ONC(P(=O)(O)O)P(=O)(O)O. The predicted molar refractivity (Wildman–Crippen MR) is 86.3 cm³/mol. The molecule has 1 aromatic rings. The Hall–Kier alpha value is -0.260. The van der Waals surface area contributed by atoms with E-state index in [9.17, 15) is 32.9 Å². The van der Waals surface area contributed by atoms with Gasteiger partial charge < -0.3 is 40.0 Å². The molecule has 1 rings (SSSR count). The maximum Gasteiger partial charge on any atom is 0.381 e. The third kappa shape index (κ3) is 4.96. The lowest BCUT2D eigenvalue weighted by Crippen LogP contribution is -2.40. The molecule has 10 N–H and O–H groups in total. The highest BCUT2D eigenvalue weighted by molar-refractivity contribution is 7.72. The van der Waals surface area contributed by atoms with Crippen molar-refractivity contribution in [3.05, 3.63) is 35.9 Å². The standard InChI is InChI=1S/C8H16N2O12P4/c9-8(25(17,18)19,6-4-2-1-3-5-6)26(20,21)22-10-7(23(11,12)13)24(14,15)16/h1-5,7,10H,9H2,(H,20,21)(H2,11,12,13)(H2,14,15,16)(H2,17,18,19). The fraction of sp³-hybridized carbons (Fsp3) is 0.250. The van der Waals surface area contributed by atoms with E-state index >= 15 is 0 Å². The predicted octanol–water partition coefficient (Wildman–Crippen LogP) is -0.721. The Morgan fingerprint density at radius 3 is 1.65 bits per heavy atom. The second-order valence-electron chi connectivity index (χ2n) is 4.92. The van der Waals surface area contributed by atoms with E-state index in [2.05, 4.69) is 4.62 Å². The summed E-state index contributed by atoms with van der Waals surface area (Å²) in [6.45, 7) is 0. The van der Waals surface area contributed by atoms with Crippen LogP contribution in [0, 0.1) is 0 Å². The average Bonchev–Trinajstić information content (AvgIpc) is 2.42. The normalized spacial score (nSPS) is 18.3. The number of hydrogen-bond acceptors (Lipinski definition) is 7. The molecule has 0 saturated carbocycles. The van der Waals surface area contributed by atoms with Gasteiger partial charge in [-0.2, -0.15) is 5.48 Å². The Kier molecular flexibility index (Phi) is 6.98. The van der Waals surface area contributed by atoms with Gasteiger partial charge in [0.2, 0.25) is 10.5 Å². The first-order valence-electron chi connectivity index (χ1n) is 6.22. The van der Waals surface area contributed by atoms with Crippen molar-refractivity contribution in [1.29, 1.82) is 0 Å². The Morgan fingerprint density at radius 2 is 1.31 bits per heavy atom. The topological polar surface area (TPSA) is 257 Å². The molecule has 0 amide bonds. The lowest BCUT2D eigenvalue weighted by molar-refractivity contribution is 0.146. The van der Waals surface area contributed by atoms with Crippen molar-refractivity contribution < 1.29 is 57.1 Å². The summed E-state index contributed by atoms with van der Waals surface area (Å²) >= 11 is 0. The maximum absolute atomic E-state index is 12.4. The van der Waals surface area contributed by atoms with Crippen molar-refractivity contribution in [2.45, 2.75) is 10.5 Å². The summed E-state index contributed by atoms with van der Waals surface area (Å²) in [7, 11) is -22.6. The van der Waals surface area contributed by atoms with Gasteiger partial charge >= 0.3 is 30.4 Å². The van der Waals surface area contributed by atoms with Crippen LogP contribution < -0.4 is 11.2 Å². The lowest BCUT2D eigenvalue weighted by Gasteiger charge is -2.34. The van der Waals surface area contributed by atoms with Gasteiger partial charge in [-0.25, -0.2) is 4.62 Å². The molecule has 150 valence electrons. The molecule has 2 atom stereocenters. The van der Waals surface area contributed by atoms with Gasteiger partial charge in [-0.1, -0.05) is 30.3 Å². The third-order valence-electron chi connectivity index (χ3n) is 2.99. The highest BCUT2D eigenvalue weighted by atomic mass is 31.2. The zero-order chi connectivity index (χ0) is 20.6. The number of benzene rings is 1. The number of nitrogens with two attached hydrogens (primary N) is 1. The van der Waals surface area contributed by atoms with Gasteiger partial charge in [-0.05, 0) is 5.56 Å². The van der Waals surface area contributed by atoms with Gasteiger partial charge in [0, 0.05) is 0 Å². The molecule has 0 bridgehead atoms. The van der Waals surface area contributed by atoms with Gasteiger partial charge in [0.05, 0.1) is 0 Å². The number of hydroxylamine groups is 1. The number of hydrogen-bond donors (Lipinski definition) is 9. The molecule has 2 unspecified atom stereocenters. The Bertz CT molecular complexity index is 807. The van der Waals surface area contributed by atoms with Crippen molar-refractivity contribution in [1.82, 2.24) is 5.48 Å². The summed E-state index contributed by atoms with van der Waals surface area (Å²) in [5, 5.41) is -3.40. The lowest BCUT2D eigenvalue weighted by atomic mass is 10.2. The van der Waals surface area contributed by atoms with E-state index in [1.54, 1.807) is 0 Å². The summed E-state index contributed by atoms with van der Waals surface area (Å²) < 4.78 is 50.4. The molecule has 0 radical (unpaired) electrons. The first kappa shape index (κ1) is 23.8. The highest BCUT2D eigenvalue weighted by Gasteiger charge is 2.61. The van der Waals surface area contributed by atoms with Gasteiger partial charge in [0.15, 0.2) is 0 Å². The molecule has 0 aliphatic heterocycles. The van der Waals surface area contributed by atoms with Crippen LogP contribution in [0.25, 0.3) is 0 Å². The van der Waals surface area contributed by atoms with Crippen molar-refractivity contribution >= 4 is 30.4 Å². The Balaban J connectivity index is 3.36. The Labute approximate surface area is 146 Å². The molecule has 26 heavy (non-hydrogen) atoms. The fourth-order valence-corrected chi connectivity index (χ4v) is 6.60.